The molecule has 2 aromatic rings. The van der Waals surface area contributed by atoms with Crippen molar-refractivity contribution in [2.75, 3.05) is 12.3 Å². The Labute approximate surface area is 118 Å². The molecule has 0 aliphatic carbocycles. The largest absolute Gasteiger partial charge is 0.493 e. The van der Waals surface area contributed by atoms with Crippen molar-refractivity contribution in [3.63, 3.8) is 0 Å². The van der Waals surface area contributed by atoms with E-state index in [1.807, 2.05) is 24.3 Å². The minimum absolute atomic E-state index is 0.177. The van der Waals surface area contributed by atoms with Crippen molar-refractivity contribution < 1.29 is 4.74 Å². The molecule has 2 N–H and O–H groups in total. The number of aromatic nitrogens is 2. The summed E-state index contributed by atoms with van der Waals surface area (Å²) in [5, 5.41) is 4.24. The second-order valence-electron chi connectivity index (χ2n) is 5.11. The molecular formula is C15H19N3O2. The summed E-state index contributed by atoms with van der Waals surface area (Å²) in [6.07, 6.45) is 0. The van der Waals surface area contributed by atoms with E-state index >= 15 is 0 Å². The van der Waals surface area contributed by atoms with E-state index in [0.717, 1.165) is 11.3 Å². The number of nitrogens with two attached hydrogens (primary N) is 1. The molecule has 0 fully saturated rings. The fourth-order valence-corrected chi connectivity index (χ4v) is 1.82. The lowest BCUT2D eigenvalue weighted by atomic mass is 10.1. The molecule has 0 aliphatic rings. The van der Waals surface area contributed by atoms with E-state index in [2.05, 4.69) is 18.9 Å². The number of benzene rings is 1. The predicted octanol–water partition coefficient (Wildman–Crippen LogP) is 2.06. The van der Waals surface area contributed by atoms with Crippen LogP contribution in [0.1, 0.15) is 13.8 Å². The SMILES string of the molecule is CC(C)COc1ccccc1-c1cc(N)c(=O)n(C)n1. The predicted molar refractivity (Wildman–Crippen MR) is 79.7 cm³/mol. The van der Waals surface area contributed by atoms with Gasteiger partial charge in [0.1, 0.15) is 11.4 Å². The van der Waals surface area contributed by atoms with E-state index < -0.39 is 0 Å². The first-order valence-corrected chi connectivity index (χ1v) is 6.55. The average Bonchev–Trinajstić information content (AvgIpc) is 2.42. The first-order chi connectivity index (χ1) is 9.49. The van der Waals surface area contributed by atoms with Gasteiger partial charge in [-0.25, -0.2) is 4.68 Å². The second kappa shape index (κ2) is 5.77. The molecular weight excluding hydrogens is 254 g/mol. The smallest absolute Gasteiger partial charge is 0.289 e. The summed E-state index contributed by atoms with van der Waals surface area (Å²) < 4.78 is 7.03. The fraction of sp³-hybridized carbons (Fsp3) is 0.333. The molecule has 5 heteroatoms. The molecule has 0 unspecified atom stereocenters. The Morgan fingerprint density at radius 1 is 1.35 bits per heavy atom. The second-order valence-corrected chi connectivity index (χ2v) is 5.11. The summed E-state index contributed by atoms with van der Waals surface area (Å²) in [4.78, 5) is 11.6. The van der Waals surface area contributed by atoms with Crippen molar-refractivity contribution in [3.05, 3.63) is 40.7 Å². The van der Waals surface area contributed by atoms with Gasteiger partial charge in [0.05, 0.1) is 12.3 Å². The van der Waals surface area contributed by atoms with Gasteiger partial charge in [-0.2, -0.15) is 5.10 Å². The quantitative estimate of drug-likeness (QED) is 0.925. The summed E-state index contributed by atoms with van der Waals surface area (Å²) in [7, 11) is 1.58. The zero-order chi connectivity index (χ0) is 14.7. The highest BCUT2D eigenvalue weighted by molar-refractivity contribution is 5.68. The molecule has 0 spiro atoms. The molecule has 0 saturated heterocycles. The summed E-state index contributed by atoms with van der Waals surface area (Å²) in [5.74, 6) is 1.17. The van der Waals surface area contributed by atoms with E-state index in [4.69, 9.17) is 10.5 Å². The van der Waals surface area contributed by atoms with E-state index in [9.17, 15) is 4.79 Å². The minimum Gasteiger partial charge on any atom is -0.493 e. The van der Waals surface area contributed by atoms with Crippen molar-refractivity contribution in [2.45, 2.75) is 13.8 Å². The summed E-state index contributed by atoms with van der Waals surface area (Å²) in [5.41, 5.74) is 7.05. The molecule has 20 heavy (non-hydrogen) atoms. The van der Waals surface area contributed by atoms with E-state index in [1.54, 1.807) is 13.1 Å². The number of ether oxygens (including phenoxy) is 1. The van der Waals surface area contributed by atoms with E-state index in [0.29, 0.717) is 18.2 Å². The maximum absolute atomic E-state index is 11.6. The molecule has 2 rings (SSSR count). The molecule has 1 aromatic carbocycles. The van der Waals surface area contributed by atoms with Gasteiger partial charge in [-0.15, -0.1) is 0 Å². The van der Waals surface area contributed by atoms with Gasteiger partial charge in [-0.3, -0.25) is 4.79 Å². The van der Waals surface area contributed by atoms with Gasteiger partial charge in [-0.1, -0.05) is 26.0 Å². The molecule has 0 aliphatic heterocycles. The van der Waals surface area contributed by atoms with Crippen LogP contribution in [0.3, 0.4) is 0 Å². The number of hydrogen-bond acceptors (Lipinski definition) is 4. The van der Waals surface area contributed by atoms with E-state index in [1.165, 1.54) is 4.68 Å². The molecule has 0 amide bonds. The van der Waals surface area contributed by atoms with Crippen LogP contribution in [-0.2, 0) is 7.05 Å². The maximum Gasteiger partial charge on any atom is 0.289 e. The molecule has 1 aromatic heterocycles. The Balaban J connectivity index is 2.45. The van der Waals surface area contributed by atoms with Gasteiger partial charge >= 0.3 is 0 Å². The summed E-state index contributed by atoms with van der Waals surface area (Å²) >= 11 is 0. The zero-order valence-corrected chi connectivity index (χ0v) is 12.0. The Morgan fingerprint density at radius 3 is 2.70 bits per heavy atom. The van der Waals surface area contributed by atoms with Crippen molar-refractivity contribution in [1.82, 2.24) is 9.78 Å². The number of anilines is 1. The van der Waals surface area contributed by atoms with Gasteiger partial charge in [0.2, 0.25) is 0 Å². The third-order valence-electron chi connectivity index (χ3n) is 2.83. The monoisotopic (exact) mass is 273 g/mol. The third-order valence-corrected chi connectivity index (χ3v) is 2.83. The Bertz CT molecular complexity index is 636. The lowest BCUT2D eigenvalue weighted by Crippen LogP contribution is -2.22. The van der Waals surface area contributed by atoms with Crippen LogP contribution < -0.4 is 16.0 Å². The maximum atomic E-state index is 11.6. The van der Waals surface area contributed by atoms with Crippen molar-refractivity contribution >= 4 is 5.69 Å². The van der Waals surface area contributed by atoms with Crippen LogP contribution in [-0.4, -0.2) is 16.4 Å². The lowest BCUT2D eigenvalue weighted by Gasteiger charge is -2.13. The van der Waals surface area contributed by atoms with Gasteiger partial charge in [0.25, 0.3) is 5.56 Å². The molecule has 106 valence electrons. The summed E-state index contributed by atoms with van der Waals surface area (Å²) in [6, 6.07) is 9.19. The van der Waals surface area contributed by atoms with E-state index in [-0.39, 0.29) is 11.2 Å². The third kappa shape index (κ3) is 2.99. The van der Waals surface area contributed by atoms with Crippen LogP contribution in [0.4, 0.5) is 5.69 Å². The molecule has 0 bridgehead atoms. The van der Waals surface area contributed by atoms with Crippen LogP contribution in [0.25, 0.3) is 11.3 Å². The topological polar surface area (TPSA) is 70.1 Å². The minimum atomic E-state index is -0.297. The first kappa shape index (κ1) is 14.1. The number of nitrogen functional groups attached to an aromatic ring is 1. The number of nitrogens with zero attached hydrogens (tertiary/aromatic N) is 2. The van der Waals surface area contributed by atoms with Crippen LogP contribution in [0.2, 0.25) is 0 Å². The Morgan fingerprint density at radius 2 is 2.05 bits per heavy atom. The molecule has 0 saturated carbocycles. The Kier molecular flexibility index (Phi) is 4.08. The number of para-hydroxylation sites is 1. The van der Waals surface area contributed by atoms with Gasteiger partial charge in [0.15, 0.2) is 0 Å². The highest BCUT2D eigenvalue weighted by Crippen LogP contribution is 2.28. The standard InChI is InChI=1S/C15H19N3O2/c1-10(2)9-20-14-7-5-4-6-11(14)13-8-12(16)15(19)18(3)17-13/h4-8,10H,9,16H2,1-3H3. The van der Waals surface area contributed by atoms with Gasteiger partial charge in [0, 0.05) is 12.6 Å². The van der Waals surface area contributed by atoms with Crippen LogP contribution >= 0.6 is 0 Å². The van der Waals surface area contributed by atoms with Crippen LogP contribution in [0.5, 0.6) is 5.75 Å². The highest BCUT2D eigenvalue weighted by atomic mass is 16.5. The highest BCUT2D eigenvalue weighted by Gasteiger charge is 2.11. The number of hydrogen-bond donors (Lipinski definition) is 1. The number of rotatable bonds is 4. The van der Waals surface area contributed by atoms with Gasteiger partial charge in [-0.05, 0) is 24.1 Å². The molecule has 1 heterocycles. The Hall–Kier alpha value is -2.30. The van der Waals surface area contributed by atoms with Crippen molar-refractivity contribution in [3.8, 4) is 17.0 Å². The first-order valence-electron chi connectivity index (χ1n) is 6.55. The van der Waals surface area contributed by atoms with Crippen LogP contribution in [0, 0.1) is 5.92 Å². The molecule has 0 radical (unpaired) electrons. The molecule has 0 atom stereocenters. The van der Waals surface area contributed by atoms with Crippen molar-refractivity contribution in [2.24, 2.45) is 13.0 Å². The van der Waals surface area contributed by atoms with Crippen LogP contribution in [0.15, 0.2) is 35.1 Å². The average molecular weight is 273 g/mol. The zero-order valence-electron chi connectivity index (χ0n) is 12.0. The summed E-state index contributed by atoms with van der Waals surface area (Å²) in [6.45, 7) is 4.80. The lowest BCUT2D eigenvalue weighted by molar-refractivity contribution is 0.272. The normalized spacial score (nSPS) is 10.8. The molecule has 5 nitrogen and oxygen atoms in total. The van der Waals surface area contributed by atoms with Gasteiger partial charge < -0.3 is 10.5 Å². The number of aryl methyl sites for hydroxylation is 1. The fourth-order valence-electron chi connectivity index (χ4n) is 1.82. The van der Waals surface area contributed by atoms with Crippen molar-refractivity contribution in [1.29, 1.82) is 0 Å².